The molecule has 2 aromatic heterocycles. The Hall–Kier alpha value is -1.82. The van der Waals surface area contributed by atoms with Crippen molar-refractivity contribution in [1.29, 1.82) is 0 Å². The number of halogens is 1. The highest BCUT2D eigenvalue weighted by molar-refractivity contribution is 6.30. The van der Waals surface area contributed by atoms with Crippen molar-refractivity contribution >= 4 is 34.4 Å². The molecule has 0 N–H and O–H groups in total. The van der Waals surface area contributed by atoms with Crippen LogP contribution in [0.4, 0.5) is 10.6 Å². The summed E-state index contributed by atoms with van der Waals surface area (Å²) >= 11 is 5.91. The third-order valence-electron chi connectivity index (χ3n) is 2.87. The van der Waals surface area contributed by atoms with Crippen LogP contribution in [0.25, 0.3) is 10.9 Å². The summed E-state index contributed by atoms with van der Waals surface area (Å²) in [4.78, 5) is 17.9. The number of amides is 1. The van der Waals surface area contributed by atoms with E-state index in [-0.39, 0.29) is 0 Å². The van der Waals surface area contributed by atoms with Crippen LogP contribution in [0.15, 0.2) is 12.3 Å². The summed E-state index contributed by atoms with van der Waals surface area (Å²) in [6.07, 6.45) is 1.19. The number of fused-ring (bicyclic) bond motifs is 1. The molecule has 114 valence electrons. The van der Waals surface area contributed by atoms with E-state index in [1.807, 2.05) is 27.7 Å². The van der Waals surface area contributed by atoms with Gasteiger partial charge in [0.25, 0.3) is 0 Å². The first kappa shape index (κ1) is 15.6. The average molecular weight is 311 g/mol. The molecule has 6 nitrogen and oxygen atoms in total. The van der Waals surface area contributed by atoms with E-state index in [0.29, 0.717) is 17.5 Å². The van der Waals surface area contributed by atoms with Gasteiger partial charge < -0.3 is 4.74 Å². The number of hydrogen-bond donors (Lipinski definition) is 0. The summed E-state index contributed by atoms with van der Waals surface area (Å²) in [5, 5.41) is 5.54. The third kappa shape index (κ3) is 3.26. The summed E-state index contributed by atoms with van der Waals surface area (Å²) in [7, 11) is 1.80. The predicted octanol–water partition coefficient (Wildman–Crippen LogP) is 3.38. The van der Waals surface area contributed by atoms with Crippen LogP contribution in [0.5, 0.6) is 0 Å². The van der Waals surface area contributed by atoms with Crippen LogP contribution in [0.2, 0.25) is 5.15 Å². The zero-order chi connectivity index (χ0) is 15.8. The minimum atomic E-state index is -0.559. The minimum Gasteiger partial charge on any atom is -0.443 e. The number of nitrogens with zero attached hydrogens (tertiary/aromatic N) is 4. The first-order chi connectivity index (χ1) is 9.73. The second-order valence-corrected chi connectivity index (χ2v) is 6.08. The van der Waals surface area contributed by atoms with Gasteiger partial charge in [-0.05, 0) is 27.7 Å². The lowest BCUT2D eigenvalue weighted by Crippen LogP contribution is -2.37. The van der Waals surface area contributed by atoms with Crippen molar-refractivity contribution in [2.45, 2.75) is 33.3 Å². The number of aryl methyl sites for hydroxylation is 1. The van der Waals surface area contributed by atoms with Crippen molar-refractivity contribution in [2.24, 2.45) is 7.05 Å². The maximum atomic E-state index is 12.3. The molecule has 0 aromatic carbocycles. The van der Waals surface area contributed by atoms with Gasteiger partial charge in [0, 0.05) is 25.9 Å². The summed E-state index contributed by atoms with van der Waals surface area (Å²) in [6, 6.07) is 1.72. The van der Waals surface area contributed by atoms with Crippen LogP contribution in [-0.4, -0.2) is 33.0 Å². The smallest absolute Gasteiger partial charge is 0.416 e. The van der Waals surface area contributed by atoms with Crippen LogP contribution >= 0.6 is 11.6 Å². The molecule has 0 aliphatic heterocycles. The molecule has 0 fully saturated rings. The average Bonchev–Trinajstić information content (AvgIpc) is 2.65. The molecule has 0 aliphatic rings. The second kappa shape index (κ2) is 5.52. The maximum absolute atomic E-state index is 12.3. The van der Waals surface area contributed by atoms with Crippen LogP contribution in [0.1, 0.15) is 27.7 Å². The first-order valence-corrected chi connectivity index (χ1v) is 7.09. The normalized spacial score (nSPS) is 11.7. The molecule has 21 heavy (non-hydrogen) atoms. The van der Waals surface area contributed by atoms with E-state index in [1.165, 1.54) is 4.90 Å². The zero-order valence-electron chi connectivity index (χ0n) is 12.8. The molecule has 0 unspecified atom stereocenters. The van der Waals surface area contributed by atoms with Gasteiger partial charge in [-0.1, -0.05) is 11.6 Å². The molecule has 7 heteroatoms. The van der Waals surface area contributed by atoms with Gasteiger partial charge in [-0.15, -0.1) is 0 Å². The number of pyridine rings is 1. The van der Waals surface area contributed by atoms with Crippen molar-refractivity contribution < 1.29 is 9.53 Å². The molecule has 0 atom stereocenters. The standard InChI is InChI=1S/C14H19ClN4O2/c1-6-19(13(20)21-14(2,3)4)12-9-8-16-11(15)7-10(9)18(5)17-12/h7-8H,6H2,1-5H3. The number of anilines is 1. The Kier molecular flexibility index (Phi) is 4.09. The largest absolute Gasteiger partial charge is 0.443 e. The summed E-state index contributed by atoms with van der Waals surface area (Å²) in [5.41, 5.74) is 0.253. The minimum absolute atomic E-state index is 0.386. The Bertz CT molecular complexity index is 675. The van der Waals surface area contributed by atoms with E-state index in [2.05, 4.69) is 10.1 Å². The van der Waals surface area contributed by atoms with Gasteiger partial charge >= 0.3 is 6.09 Å². The van der Waals surface area contributed by atoms with Crippen LogP contribution in [-0.2, 0) is 11.8 Å². The molecule has 0 saturated heterocycles. The topological polar surface area (TPSA) is 60.3 Å². The number of ether oxygens (including phenoxy) is 1. The molecule has 0 aliphatic carbocycles. The number of aromatic nitrogens is 3. The molecule has 0 radical (unpaired) electrons. The SMILES string of the molecule is CCN(C(=O)OC(C)(C)C)c1nn(C)c2cc(Cl)ncc12. The lowest BCUT2D eigenvalue weighted by molar-refractivity contribution is 0.0581. The van der Waals surface area contributed by atoms with Gasteiger partial charge in [0.1, 0.15) is 10.8 Å². The summed E-state index contributed by atoms with van der Waals surface area (Å²) < 4.78 is 7.09. The van der Waals surface area contributed by atoms with Crippen LogP contribution in [0, 0.1) is 0 Å². The molecule has 0 bridgehead atoms. The van der Waals surface area contributed by atoms with E-state index in [4.69, 9.17) is 16.3 Å². The van der Waals surface area contributed by atoms with E-state index in [9.17, 15) is 4.79 Å². The quantitative estimate of drug-likeness (QED) is 0.798. The molecular weight excluding hydrogens is 292 g/mol. The van der Waals surface area contributed by atoms with E-state index >= 15 is 0 Å². The monoisotopic (exact) mass is 310 g/mol. The van der Waals surface area contributed by atoms with Gasteiger partial charge in [0.15, 0.2) is 5.82 Å². The molecule has 2 aromatic rings. The van der Waals surface area contributed by atoms with Crippen molar-refractivity contribution in [2.75, 3.05) is 11.4 Å². The fourth-order valence-corrected chi connectivity index (χ4v) is 2.14. The first-order valence-electron chi connectivity index (χ1n) is 6.71. The summed E-state index contributed by atoms with van der Waals surface area (Å²) in [6.45, 7) is 7.81. The van der Waals surface area contributed by atoms with E-state index in [1.54, 1.807) is 24.0 Å². The summed E-state index contributed by atoms with van der Waals surface area (Å²) in [5.74, 6) is 0.522. The molecule has 2 heterocycles. The lowest BCUT2D eigenvalue weighted by Gasteiger charge is -2.25. The second-order valence-electron chi connectivity index (χ2n) is 5.70. The zero-order valence-corrected chi connectivity index (χ0v) is 13.6. The van der Waals surface area contributed by atoms with Gasteiger partial charge in [0.2, 0.25) is 0 Å². The van der Waals surface area contributed by atoms with E-state index < -0.39 is 11.7 Å². The number of hydrogen-bond acceptors (Lipinski definition) is 4. The fourth-order valence-electron chi connectivity index (χ4n) is 1.99. The Morgan fingerprint density at radius 2 is 2.14 bits per heavy atom. The van der Waals surface area contributed by atoms with Crippen molar-refractivity contribution in [3.63, 3.8) is 0 Å². The number of rotatable bonds is 2. The molecule has 0 spiro atoms. The third-order valence-corrected chi connectivity index (χ3v) is 3.08. The molecule has 1 amide bonds. The highest BCUT2D eigenvalue weighted by Crippen LogP contribution is 2.27. The molecular formula is C14H19ClN4O2. The van der Waals surface area contributed by atoms with Crippen LogP contribution in [0.3, 0.4) is 0 Å². The van der Waals surface area contributed by atoms with Crippen molar-refractivity contribution in [1.82, 2.24) is 14.8 Å². The Labute approximate surface area is 128 Å². The maximum Gasteiger partial charge on any atom is 0.416 e. The predicted molar refractivity (Wildman–Crippen MR) is 82.8 cm³/mol. The lowest BCUT2D eigenvalue weighted by atomic mass is 10.2. The Balaban J connectivity index is 2.46. The van der Waals surface area contributed by atoms with Crippen LogP contribution < -0.4 is 4.90 Å². The highest BCUT2D eigenvalue weighted by atomic mass is 35.5. The van der Waals surface area contributed by atoms with Gasteiger partial charge in [0.05, 0.1) is 10.9 Å². The number of carbonyl (C=O) groups is 1. The Morgan fingerprint density at radius 1 is 1.48 bits per heavy atom. The molecule has 0 saturated carbocycles. The Morgan fingerprint density at radius 3 is 2.71 bits per heavy atom. The highest BCUT2D eigenvalue weighted by Gasteiger charge is 2.26. The van der Waals surface area contributed by atoms with Gasteiger partial charge in [-0.2, -0.15) is 5.10 Å². The van der Waals surface area contributed by atoms with Crippen molar-refractivity contribution in [3.8, 4) is 0 Å². The van der Waals surface area contributed by atoms with Gasteiger partial charge in [-0.25, -0.2) is 9.78 Å². The van der Waals surface area contributed by atoms with Gasteiger partial charge in [-0.3, -0.25) is 9.58 Å². The number of carbonyl (C=O) groups excluding carboxylic acids is 1. The fraction of sp³-hybridized carbons (Fsp3) is 0.500. The molecule has 2 rings (SSSR count). The van der Waals surface area contributed by atoms with E-state index in [0.717, 1.165) is 10.9 Å². The van der Waals surface area contributed by atoms with Crippen molar-refractivity contribution in [3.05, 3.63) is 17.4 Å².